The molecular formula is C10H13F2N3O2S2. The second-order valence-corrected chi connectivity index (χ2v) is 6.00. The number of hydrogen-bond donors (Lipinski definition) is 3. The van der Waals surface area contributed by atoms with Gasteiger partial charge in [0, 0.05) is 12.1 Å². The maximum Gasteiger partial charge on any atom is 0.209 e. The molecule has 0 aliphatic heterocycles. The standard InChI is InChI=1S/C10H13F2N3O2S2/c11-7-4-6(10(13)18)5-8(12)9(7)15-2-1-3-19(14,16)17/h4-5,15H,1-3H2,(H2,13,18)(H2,14,16,17). The molecule has 0 heterocycles. The SMILES string of the molecule is NC(=S)c1cc(F)c(NCCCS(N)(=O)=O)c(F)c1. The van der Waals surface area contributed by atoms with Crippen molar-refractivity contribution in [1.82, 2.24) is 0 Å². The Morgan fingerprint density at radius 3 is 2.26 bits per heavy atom. The van der Waals surface area contributed by atoms with Crippen molar-refractivity contribution < 1.29 is 17.2 Å². The van der Waals surface area contributed by atoms with E-state index in [2.05, 4.69) is 17.5 Å². The van der Waals surface area contributed by atoms with Crippen LogP contribution in [0, 0.1) is 11.6 Å². The van der Waals surface area contributed by atoms with Crippen molar-refractivity contribution >= 4 is 32.9 Å². The van der Waals surface area contributed by atoms with E-state index in [1.54, 1.807) is 0 Å². The van der Waals surface area contributed by atoms with Crippen molar-refractivity contribution in [1.29, 1.82) is 0 Å². The molecule has 106 valence electrons. The zero-order valence-electron chi connectivity index (χ0n) is 9.82. The van der Waals surface area contributed by atoms with Gasteiger partial charge in [0.2, 0.25) is 10.0 Å². The lowest BCUT2D eigenvalue weighted by Crippen LogP contribution is -2.19. The lowest BCUT2D eigenvalue weighted by atomic mass is 10.2. The summed E-state index contributed by atoms with van der Waals surface area (Å²) >= 11 is 4.62. The number of halogens is 2. The second-order valence-electron chi connectivity index (χ2n) is 3.83. The lowest BCUT2D eigenvalue weighted by molar-refractivity contribution is 0.586. The van der Waals surface area contributed by atoms with Crippen LogP contribution in [0.5, 0.6) is 0 Å². The van der Waals surface area contributed by atoms with Gasteiger partial charge in [-0.25, -0.2) is 22.3 Å². The summed E-state index contributed by atoms with van der Waals surface area (Å²) in [4.78, 5) is -0.112. The Bertz CT molecular complexity index is 567. The van der Waals surface area contributed by atoms with Gasteiger partial charge in [0.1, 0.15) is 22.3 Å². The highest BCUT2D eigenvalue weighted by molar-refractivity contribution is 7.89. The quantitative estimate of drug-likeness (QED) is 0.530. The molecule has 0 radical (unpaired) electrons. The van der Waals surface area contributed by atoms with Crippen molar-refractivity contribution in [2.45, 2.75) is 6.42 Å². The van der Waals surface area contributed by atoms with E-state index in [0.717, 1.165) is 12.1 Å². The van der Waals surface area contributed by atoms with Crippen LogP contribution in [0.4, 0.5) is 14.5 Å². The molecule has 19 heavy (non-hydrogen) atoms. The molecule has 0 aromatic heterocycles. The van der Waals surface area contributed by atoms with Crippen LogP contribution in [0.1, 0.15) is 12.0 Å². The van der Waals surface area contributed by atoms with E-state index in [0.29, 0.717) is 0 Å². The van der Waals surface area contributed by atoms with Crippen LogP contribution in [0.3, 0.4) is 0 Å². The van der Waals surface area contributed by atoms with E-state index in [1.807, 2.05) is 0 Å². The first-order valence-corrected chi connectivity index (χ1v) is 7.36. The van der Waals surface area contributed by atoms with Crippen LogP contribution in [-0.2, 0) is 10.0 Å². The summed E-state index contributed by atoms with van der Waals surface area (Å²) in [6.07, 6.45) is 0.134. The minimum atomic E-state index is -3.58. The summed E-state index contributed by atoms with van der Waals surface area (Å²) in [5.41, 5.74) is 5.00. The number of anilines is 1. The number of benzene rings is 1. The van der Waals surface area contributed by atoms with Crippen LogP contribution in [-0.4, -0.2) is 25.7 Å². The average Bonchev–Trinajstić information content (AvgIpc) is 2.25. The number of thiocarbonyl (C=S) groups is 1. The van der Waals surface area contributed by atoms with Crippen LogP contribution in [0.2, 0.25) is 0 Å². The Labute approximate surface area is 115 Å². The first-order valence-electron chi connectivity index (χ1n) is 5.24. The van der Waals surface area contributed by atoms with E-state index in [-0.39, 0.29) is 35.0 Å². The Hall–Kier alpha value is -1.32. The first kappa shape index (κ1) is 15.7. The van der Waals surface area contributed by atoms with Gasteiger partial charge in [0.25, 0.3) is 0 Å². The molecule has 0 saturated carbocycles. The average molecular weight is 309 g/mol. The highest BCUT2D eigenvalue weighted by Gasteiger charge is 2.12. The third-order valence-electron chi connectivity index (χ3n) is 2.23. The second kappa shape index (κ2) is 6.22. The lowest BCUT2D eigenvalue weighted by Gasteiger charge is -2.10. The fourth-order valence-corrected chi connectivity index (χ4v) is 2.04. The maximum absolute atomic E-state index is 13.6. The summed E-state index contributed by atoms with van der Waals surface area (Å²) in [6.45, 7) is 0.0662. The van der Waals surface area contributed by atoms with E-state index in [9.17, 15) is 17.2 Å². The van der Waals surface area contributed by atoms with Crippen molar-refractivity contribution in [3.63, 3.8) is 0 Å². The van der Waals surface area contributed by atoms with Crippen LogP contribution < -0.4 is 16.2 Å². The van der Waals surface area contributed by atoms with Gasteiger partial charge in [-0.2, -0.15) is 0 Å². The van der Waals surface area contributed by atoms with Crippen LogP contribution in [0.25, 0.3) is 0 Å². The topological polar surface area (TPSA) is 98.2 Å². The fraction of sp³-hybridized carbons (Fsp3) is 0.300. The molecule has 0 atom stereocenters. The normalized spacial score (nSPS) is 11.3. The number of hydrogen-bond acceptors (Lipinski definition) is 4. The molecule has 9 heteroatoms. The third-order valence-corrected chi connectivity index (χ3v) is 3.33. The zero-order valence-corrected chi connectivity index (χ0v) is 11.5. The van der Waals surface area contributed by atoms with Gasteiger partial charge in [0.15, 0.2) is 0 Å². The molecule has 0 saturated heterocycles. The molecule has 0 spiro atoms. The number of rotatable bonds is 6. The summed E-state index contributed by atoms with van der Waals surface area (Å²) in [6, 6.07) is 2.01. The van der Waals surface area contributed by atoms with Gasteiger partial charge < -0.3 is 11.1 Å². The van der Waals surface area contributed by atoms with E-state index in [1.165, 1.54) is 0 Å². The van der Waals surface area contributed by atoms with Crippen molar-refractivity contribution in [3.8, 4) is 0 Å². The van der Waals surface area contributed by atoms with Gasteiger partial charge in [0.05, 0.1) is 5.75 Å². The Kier molecular flexibility index (Phi) is 5.15. The smallest absolute Gasteiger partial charge is 0.209 e. The number of primary sulfonamides is 1. The molecule has 1 rings (SSSR count). The molecule has 0 bridgehead atoms. The van der Waals surface area contributed by atoms with Gasteiger partial charge in [-0.1, -0.05) is 12.2 Å². The molecule has 5 nitrogen and oxygen atoms in total. The number of nitrogens with two attached hydrogens (primary N) is 2. The summed E-state index contributed by atoms with van der Waals surface area (Å²) in [5.74, 6) is -1.97. The van der Waals surface area contributed by atoms with E-state index >= 15 is 0 Å². The molecule has 0 fully saturated rings. The molecular weight excluding hydrogens is 296 g/mol. The summed E-state index contributed by atoms with van der Waals surface area (Å²) in [7, 11) is -3.58. The van der Waals surface area contributed by atoms with Gasteiger partial charge in [-0.15, -0.1) is 0 Å². The summed E-state index contributed by atoms with van der Waals surface area (Å²) in [5, 5.41) is 7.26. The molecule has 1 aromatic rings. The van der Waals surface area contributed by atoms with E-state index < -0.39 is 21.7 Å². The minimum Gasteiger partial charge on any atom is -0.389 e. The first-order chi connectivity index (χ1) is 8.70. The van der Waals surface area contributed by atoms with Gasteiger partial charge >= 0.3 is 0 Å². The van der Waals surface area contributed by atoms with Crippen molar-refractivity contribution in [2.24, 2.45) is 10.9 Å². The number of sulfonamides is 1. The summed E-state index contributed by atoms with van der Waals surface area (Å²) < 4.78 is 48.5. The molecule has 1 aromatic carbocycles. The Morgan fingerprint density at radius 2 is 1.84 bits per heavy atom. The predicted molar refractivity (Wildman–Crippen MR) is 73.3 cm³/mol. The third kappa shape index (κ3) is 5.05. The predicted octanol–water partition coefficient (Wildman–Crippen LogP) is 0.690. The van der Waals surface area contributed by atoms with Crippen LogP contribution in [0.15, 0.2) is 12.1 Å². The molecule has 0 unspecified atom stereocenters. The maximum atomic E-state index is 13.6. The number of nitrogens with one attached hydrogen (secondary N) is 1. The Balaban J connectivity index is 2.72. The zero-order chi connectivity index (χ0) is 14.6. The Morgan fingerprint density at radius 1 is 1.32 bits per heavy atom. The minimum absolute atomic E-state index is 0.0662. The van der Waals surface area contributed by atoms with E-state index in [4.69, 9.17) is 10.9 Å². The molecule has 5 N–H and O–H groups in total. The van der Waals surface area contributed by atoms with Crippen molar-refractivity contribution in [2.75, 3.05) is 17.6 Å². The molecule has 0 aliphatic rings. The fourth-order valence-electron chi connectivity index (χ4n) is 1.37. The highest BCUT2D eigenvalue weighted by atomic mass is 32.2. The monoisotopic (exact) mass is 309 g/mol. The van der Waals surface area contributed by atoms with Gasteiger partial charge in [-0.05, 0) is 18.6 Å². The largest absolute Gasteiger partial charge is 0.389 e. The highest BCUT2D eigenvalue weighted by Crippen LogP contribution is 2.20. The molecule has 0 aliphatic carbocycles. The van der Waals surface area contributed by atoms with Gasteiger partial charge in [-0.3, -0.25) is 0 Å². The van der Waals surface area contributed by atoms with Crippen molar-refractivity contribution in [3.05, 3.63) is 29.3 Å². The molecule has 0 amide bonds. The van der Waals surface area contributed by atoms with Crippen LogP contribution >= 0.6 is 12.2 Å².